The van der Waals surface area contributed by atoms with E-state index in [-0.39, 0.29) is 24.8 Å². The van der Waals surface area contributed by atoms with Crippen LogP contribution in [0.15, 0.2) is 36.5 Å². The van der Waals surface area contributed by atoms with Crippen LogP contribution in [0.2, 0.25) is 0 Å². The van der Waals surface area contributed by atoms with Crippen molar-refractivity contribution >= 4 is 24.8 Å². The summed E-state index contributed by atoms with van der Waals surface area (Å²) >= 11 is 0. The maximum Gasteiger partial charge on any atom is -0.0250 e. The first-order valence-corrected chi connectivity index (χ1v) is 3.60. The first-order valence-electron chi connectivity index (χ1n) is 3.60. The van der Waals surface area contributed by atoms with E-state index in [0.29, 0.717) is 0 Å². The van der Waals surface area contributed by atoms with Crippen LogP contribution >= 0.6 is 24.8 Å². The van der Waals surface area contributed by atoms with Crippen molar-refractivity contribution in [1.82, 2.24) is 0 Å². The quantitative estimate of drug-likeness (QED) is 0.477. The average Bonchev–Trinajstić information content (AvgIpc) is 1.87. The fourth-order valence-electron chi connectivity index (χ4n) is 0.648. The molecule has 0 N–H and O–H groups in total. The Hall–Kier alpha value is -0.200. The number of hydrogen-bond donors (Lipinski definition) is 0. The van der Waals surface area contributed by atoms with E-state index in [0.717, 1.165) is 18.4 Å². The molecular weight excluding hydrogens is 191 g/mol. The molecule has 0 bridgehead atoms. The number of halogens is 2. The molecule has 72 valence electrons. The lowest BCUT2D eigenvalue weighted by atomic mass is 10.1. The normalized spacial score (nSPS) is 7.17. The average molecular weight is 209 g/mol. The van der Waals surface area contributed by atoms with Crippen molar-refractivity contribution in [3.63, 3.8) is 0 Å². The van der Waals surface area contributed by atoms with Gasteiger partial charge in [0.15, 0.2) is 0 Å². The van der Waals surface area contributed by atoms with E-state index in [9.17, 15) is 0 Å². The summed E-state index contributed by atoms with van der Waals surface area (Å²) in [5.41, 5.74) is 2.49. The molecule has 0 unspecified atom stereocenters. The third kappa shape index (κ3) is 12.5. The van der Waals surface area contributed by atoms with E-state index in [2.05, 4.69) is 33.1 Å². The summed E-state index contributed by atoms with van der Waals surface area (Å²) in [5, 5.41) is 0. The molecule has 0 fully saturated rings. The Morgan fingerprint density at radius 3 is 2.08 bits per heavy atom. The lowest BCUT2D eigenvalue weighted by molar-refractivity contribution is 0.999. The third-order valence-electron chi connectivity index (χ3n) is 1.31. The van der Waals surface area contributed by atoms with Crippen molar-refractivity contribution in [1.29, 1.82) is 0 Å². The van der Waals surface area contributed by atoms with Gasteiger partial charge in [-0.15, -0.1) is 24.8 Å². The van der Waals surface area contributed by atoms with Gasteiger partial charge in [-0.2, -0.15) is 0 Å². The fraction of sp³-hybridized carbons (Fsp3) is 0.400. The number of rotatable bonds is 4. The zero-order valence-electron chi connectivity index (χ0n) is 7.80. The van der Waals surface area contributed by atoms with Crippen LogP contribution in [-0.2, 0) is 0 Å². The largest absolute Gasteiger partial charge is 0.147 e. The molecule has 12 heavy (non-hydrogen) atoms. The standard InChI is InChI=1S/C10H16.2ClH/c1-5-10(4)8-6-7-9(2)3;;/h5,7H,1,4,6,8H2,2-3H3;2*1H. The molecule has 0 aromatic heterocycles. The molecule has 0 nitrogen and oxygen atoms in total. The Morgan fingerprint density at radius 2 is 1.75 bits per heavy atom. The zero-order valence-corrected chi connectivity index (χ0v) is 9.43. The van der Waals surface area contributed by atoms with E-state index >= 15 is 0 Å². The monoisotopic (exact) mass is 208 g/mol. The fourth-order valence-corrected chi connectivity index (χ4v) is 0.648. The van der Waals surface area contributed by atoms with E-state index in [4.69, 9.17) is 0 Å². The maximum absolute atomic E-state index is 3.82. The first-order chi connectivity index (χ1) is 4.66. The minimum absolute atomic E-state index is 0. The molecule has 0 saturated heterocycles. The molecular formula is C10H18Cl2. The van der Waals surface area contributed by atoms with E-state index in [1.54, 1.807) is 0 Å². The minimum Gasteiger partial charge on any atom is -0.147 e. The van der Waals surface area contributed by atoms with Gasteiger partial charge in [-0.3, -0.25) is 0 Å². The van der Waals surface area contributed by atoms with Crippen molar-refractivity contribution in [3.05, 3.63) is 36.5 Å². The highest BCUT2D eigenvalue weighted by atomic mass is 35.5. The Balaban J connectivity index is -0.000000405. The highest BCUT2D eigenvalue weighted by Gasteiger charge is 1.84. The van der Waals surface area contributed by atoms with Gasteiger partial charge in [0, 0.05) is 0 Å². The molecule has 0 atom stereocenters. The smallest absolute Gasteiger partial charge is 0.0250 e. The van der Waals surface area contributed by atoms with Gasteiger partial charge in [0.05, 0.1) is 0 Å². The maximum atomic E-state index is 3.82. The van der Waals surface area contributed by atoms with Gasteiger partial charge in [0.2, 0.25) is 0 Å². The van der Waals surface area contributed by atoms with Crippen LogP contribution in [0.1, 0.15) is 26.7 Å². The van der Waals surface area contributed by atoms with Crippen LogP contribution in [0.4, 0.5) is 0 Å². The molecule has 0 aliphatic heterocycles. The lowest BCUT2D eigenvalue weighted by Gasteiger charge is -1.94. The van der Waals surface area contributed by atoms with Crippen LogP contribution in [0, 0.1) is 0 Å². The first kappa shape index (κ1) is 17.8. The summed E-state index contributed by atoms with van der Waals surface area (Å²) in [6.07, 6.45) is 6.16. The second kappa shape index (κ2) is 10.8. The highest BCUT2D eigenvalue weighted by Crippen LogP contribution is 2.04. The molecule has 0 amide bonds. The summed E-state index contributed by atoms with van der Waals surface area (Å²) in [7, 11) is 0. The van der Waals surface area contributed by atoms with Crippen LogP contribution in [0.3, 0.4) is 0 Å². The summed E-state index contributed by atoms with van der Waals surface area (Å²) in [4.78, 5) is 0. The SMILES string of the molecule is C=CC(=C)CCC=C(C)C.Cl.Cl. The molecule has 0 saturated carbocycles. The van der Waals surface area contributed by atoms with Gasteiger partial charge in [-0.05, 0) is 26.7 Å². The van der Waals surface area contributed by atoms with Crippen molar-refractivity contribution in [3.8, 4) is 0 Å². The Morgan fingerprint density at radius 1 is 1.25 bits per heavy atom. The second-order valence-electron chi connectivity index (χ2n) is 2.68. The van der Waals surface area contributed by atoms with Gasteiger partial charge in [-0.25, -0.2) is 0 Å². The summed E-state index contributed by atoms with van der Waals surface area (Å²) in [6, 6.07) is 0. The topological polar surface area (TPSA) is 0 Å². The van der Waals surface area contributed by atoms with Crippen molar-refractivity contribution in [2.45, 2.75) is 26.7 Å². The van der Waals surface area contributed by atoms with E-state index < -0.39 is 0 Å². The lowest BCUT2D eigenvalue weighted by Crippen LogP contribution is -1.74. The van der Waals surface area contributed by atoms with Crippen LogP contribution < -0.4 is 0 Å². The zero-order chi connectivity index (χ0) is 7.98. The summed E-state index contributed by atoms with van der Waals surface area (Å²) in [5.74, 6) is 0. The Kier molecular flexibility index (Phi) is 16.0. The van der Waals surface area contributed by atoms with Crippen molar-refractivity contribution < 1.29 is 0 Å². The Bertz CT molecular complexity index is 153. The number of allylic oxidation sites excluding steroid dienone is 4. The van der Waals surface area contributed by atoms with Crippen LogP contribution in [-0.4, -0.2) is 0 Å². The molecule has 0 aliphatic rings. The molecule has 2 heteroatoms. The molecule has 0 aromatic carbocycles. The molecule has 0 spiro atoms. The van der Waals surface area contributed by atoms with E-state index in [1.807, 2.05) is 6.08 Å². The van der Waals surface area contributed by atoms with E-state index in [1.165, 1.54) is 5.57 Å². The molecule has 0 heterocycles. The molecule has 0 rings (SSSR count). The van der Waals surface area contributed by atoms with Crippen molar-refractivity contribution in [2.75, 3.05) is 0 Å². The third-order valence-corrected chi connectivity index (χ3v) is 1.31. The summed E-state index contributed by atoms with van der Waals surface area (Å²) < 4.78 is 0. The minimum atomic E-state index is 0. The van der Waals surface area contributed by atoms with Gasteiger partial charge in [-0.1, -0.05) is 36.5 Å². The highest BCUT2D eigenvalue weighted by molar-refractivity contribution is 5.85. The van der Waals surface area contributed by atoms with Crippen molar-refractivity contribution in [2.24, 2.45) is 0 Å². The summed E-state index contributed by atoms with van der Waals surface area (Å²) in [6.45, 7) is 11.7. The molecule has 0 radical (unpaired) electrons. The molecule has 0 aliphatic carbocycles. The van der Waals surface area contributed by atoms with Gasteiger partial charge >= 0.3 is 0 Å². The second-order valence-corrected chi connectivity index (χ2v) is 2.68. The predicted octanol–water partition coefficient (Wildman–Crippen LogP) is 4.32. The molecule has 0 aromatic rings. The van der Waals surface area contributed by atoms with Crippen LogP contribution in [0.25, 0.3) is 0 Å². The number of hydrogen-bond acceptors (Lipinski definition) is 0. The van der Waals surface area contributed by atoms with Gasteiger partial charge in [0.25, 0.3) is 0 Å². The predicted molar refractivity (Wildman–Crippen MR) is 62.5 cm³/mol. The van der Waals surface area contributed by atoms with Crippen LogP contribution in [0.5, 0.6) is 0 Å². The van der Waals surface area contributed by atoms with Gasteiger partial charge in [0.1, 0.15) is 0 Å². The Labute approximate surface area is 88.3 Å². The van der Waals surface area contributed by atoms with Gasteiger partial charge < -0.3 is 0 Å².